The standard InChI is InChI=1S/C18H28BNO2/c1-13(2)20-11-7-8-14-9-10-15(12-16(14)20)19-21-17(3,4)18(5,6)22-19/h9-10,12-13H,7-8,11H2,1-6H3. The molecule has 1 aromatic carbocycles. The van der Waals surface area contributed by atoms with Gasteiger partial charge < -0.3 is 14.2 Å². The highest BCUT2D eigenvalue weighted by molar-refractivity contribution is 6.62. The molecule has 0 bridgehead atoms. The summed E-state index contributed by atoms with van der Waals surface area (Å²) in [7, 11) is -0.272. The van der Waals surface area contributed by atoms with Gasteiger partial charge in [0.05, 0.1) is 11.2 Å². The summed E-state index contributed by atoms with van der Waals surface area (Å²) in [5, 5.41) is 0. The molecular formula is C18H28BNO2. The van der Waals surface area contributed by atoms with Gasteiger partial charge in [0.1, 0.15) is 0 Å². The number of fused-ring (bicyclic) bond motifs is 1. The second-order valence-electron chi connectivity index (χ2n) is 7.87. The minimum absolute atomic E-state index is 0.272. The molecule has 3 rings (SSSR count). The van der Waals surface area contributed by atoms with Gasteiger partial charge in [-0.05, 0) is 71.5 Å². The summed E-state index contributed by atoms with van der Waals surface area (Å²) in [5.74, 6) is 0. The van der Waals surface area contributed by atoms with Crippen molar-refractivity contribution in [3.63, 3.8) is 0 Å². The zero-order valence-electron chi connectivity index (χ0n) is 14.8. The number of benzene rings is 1. The fourth-order valence-corrected chi connectivity index (χ4v) is 3.28. The number of aryl methyl sites for hydroxylation is 1. The van der Waals surface area contributed by atoms with Gasteiger partial charge in [0, 0.05) is 18.3 Å². The number of hydrogen-bond acceptors (Lipinski definition) is 3. The van der Waals surface area contributed by atoms with E-state index in [4.69, 9.17) is 9.31 Å². The van der Waals surface area contributed by atoms with Crippen LogP contribution in [0.2, 0.25) is 0 Å². The van der Waals surface area contributed by atoms with Crippen molar-refractivity contribution in [1.82, 2.24) is 0 Å². The lowest BCUT2D eigenvalue weighted by Gasteiger charge is -2.35. The SMILES string of the molecule is CC(C)N1CCCc2ccc(B3OC(C)(C)C(C)(C)O3)cc21. The van der Waals surface area contributed by atoms with Crippen LogP contribution in [-0.2, 0) is 15.7 Å². The van der Waals surface area contributed by atoms with Crippen molar-refractivity contribution in [2.24, 2.45) is 0 Å². The predicted octanol–water partition coefficient (Wildman–Crippen LogP) is 3.15. The summed E-state index contributed by atoms with van der Waals surface area (Å²) >= 11 is 0. The summed E-state index contributed by atoms with van der Waals surface area (Å²) in [6.07, 6.45) is 2.41. The molecule has 0 spiro atoms. The zero-order valence-corrected chi connectivity index (χ0v) is 14.8. The Labute approximate surface area is 135 Å². The van der Waals surface area contributed by atoms with E-state index >= 15 is 0 Å². The van der Waals surface area contributed by atoms with E-state index in [1.54, 1.807) is 0 Å². The maximum absolute atomic E-state index is 6.20. The Morgan fingerprint density at radius 2 is 1.73 bits per heavy atom. The molecular weight excluding hydrogens is 273 g/mol. The van der Waals surface area contributed by atoms with Crippen LogP contribution in [0.5, 0.6) is 0 Å². The van der Waals surface area contributed by atoms with Crippen LogP contribution in [0.15, 0.2) is 18.2 Å². The third kappa shape index (κ3) is 2.57. The topological polar surface area (TPSA) is 21.7 Å². The molecule has 2 heterocycles. The van der Waals surface area contributed by atoms with Crippen LogP contribution in [0.4, 0.5) is 5.69 Å². The highest BCUT2D eigenvalue weighted by Crippen LogP contribution is 2.37. The first kappa shape index (κ1) is 15.9. The van der Waals surface area contributed by atoms with E-state index in [2.05, 4.69) is 64.6 Å². The normalized spacial score (nSPS) is 23.0. The van der Waals surface area contributed by atoms with Crippen LogP contribution in [0, 0.1) is 0 Å². The molecule has 120 valence electrons. The molecule has 0 unspecified atom stereocenters. The lowest BCUT2D eigenvalue weighted by Crippen LogP contribution is -2.41. The Morgan fingerprint density at radius 1 is 1.09 bits per heavy atom. The van der Waals surface area contributed by atoms with Crippen LogP contribution in [0.25, 0.3) is 0 Å². The molecule has 0 aromatic heterocycles. The first-order valence-electron chi connectivity index (χ1n) is 8.46. The molecule has 22 heavy (non-hydrogen) atoms. The maximum atomic E-state index is 6.20. The molecule has 0 amide bonds. The van der Waals surface area contributed by atoms with Gasteiger partial charge in [0.2, 0.25) is 0 Å². The van der Waals surface area contributed by atoms with Crippen molar-refractivity contribution in [1.29, 1.82) is 0 Å². The van der Waals surface area contributed by atoms with Gasteiger partial charge in [0.15, 0.2) is 0 Å². The lowest BCUT2D eigenvalue weighted by molar-refractivity contribution is 0.00578. The highest BCUT2D eigenvalue weighted by Gasteiger charge is 2.51. The van der Waals surface area contributed by atoms with E-state index in [9.17, 15) is 0 Å². The average molecular weight is 301 g/mol. The smallest absolute Gasteiger partial charge is 0.399 e. The molecule has 0 atom stereocenters. The van der Waals surface area contributed by atoms with Crippen molar-refractivity contribution in [2.75, 3.05) is 11.4 Å². The maximum Gasteiger partial charge on any atom is 0.494 e. The molecule has 1 aromatic rings. The van der Waals surface area contributed by atoms with E-state index in [1.165, 1.54) is 24.1 Å². The Morgan fingerprint density at radius 3 is 2.32 bits per heavy atom. The van der Waals surface area contributed by atoms with Crippen LogP contribution in [0.1, 0.15) is 53.5 Å². The zero-order chi connectivity index (χ0) is 16.1. The van der Waals surface area contributed by atoms with E-state index in [0.717, 1.165) is 12.0 Å². The summed E-state index contributed by atoms with van der Waals surface area (Å²) in [6, 6.07) is 7.22. The Bertz CT molecular complexity index is 552. The minimum atomic E-state index is -0.286. The molecule has 3 nitrogen and oxygen atoms in total. The van der Waals surface area contributed by atoms with Crippen molar-refractivity contribution in [3.8, 4) is 0 Å². The number of anilines is 1. The molecule has 1 saturated heterocycles. The predicted molar refractivity (Wildman–Crippen MR) is 93.0 cm³/mol. The summed E-state index contributed by atoms with van der Waals surface area (Å²) in [4.78, 5) is 2.49. The first-order chi connectivity index (χ1) is 10.2. The van der Waals surface area contributed by atoms with Crippen LogP contribution in [-0.4, -0.2) is 30.9 Å². The number of rotatable bonds is 2. The Balaban J connectivity index is 1.93. The molecule has 0 N–H and O–H groups in total. The van der Waals surface area contributed by atoms with E-state index in [0.29, 0.717) is 6.04 Å². The van der Waals surface area contributed by atoms with Crippen molar-refractivity contribution in [2.45, 2.75) is 71.6 Å². The van der Waals surface area contributed by atoms with Gasteiger partial charge in [0.25, 0.3) is 0 Å². The lowest BCUT2D eigenvalue weighted by atomic mass is 9.77. The van der Waals surface area contributed by atoms with Crippen molar-refractivity contribution < 1.29 is 9.31 Å². The average Bonchev–Trinajstić information content (AvgIpc) is 2.66. The van der Waals surface area contributed by atoms with Gasteiger partial charge in [-0.1, -0.05) is 12.1 Å². The molecule has 2 aliphatic rings. The fraction of sp³-hybridized carbons (Fsp3) is 0.667. The van der Waals surface area contributed by atoms with Crippen molar-refractivity contribution >= 4 is 18.3 Å². The van der Waals surface area contributed by atoms with Gasteiger partial charge >= 0.3 is 7.12 Å². The van der Waals surface area contributed by atoms with Gasteiger partial charge in [-0.25, -0.2) is 0 Å². The first-order valence-corrected chi connectivity index (χ1v) is 8.46. The fourth-order valence-electron chi connectivity index (χ4n) is 3.28. The quantitative estimate of drug-likeness (QED) is 0.783. The molecule has 1 fully saturated rings. The van der Waals surface area contributed by atoms with Gasteiger partial charge in [-0.3, -0.25) is 0 Å². The Hall–Kier alpha value is -0.995. The molecule has 2 aliphatic heterocycles. The minimum Gasteiger partial charge on any atom is -0.399 e. The number of hydrogen-bond donors (Lipinski definition) is 0. The molecule has 4 heteroatoms. The Kier molecular flexibility index (Phi) is 3.81. The van der Waals surface area contributed by atoms with Gasteiger partial charge in [-0.2, -0.15) is 0 Å². The monoisotopic (exact) mass is 301 g/mol. The second-order valence-corrected chi connectivity index (χ2v) is 7.87. The van der Waals surface area contributed by atoms with Crippen molar-refractivity contribution in [3.05, 3.63) is 23.8 Å². The largest absolute Gasteiger partial charge is 0.494 e. The molecule has 0 radical (unpaired) electrons. The second kappa shape index (κ2) is 5.28. The summed E-state index contributed by atoms with van der Waals surface area (Å²) in [6.45, 7) is 14.1. The highest BCUT2D eigenvalue weighted by atomic mass is 16.7. The van der Waals surface area contributed by atoms with E-state index in [-0.39, 0.29) is 18.3 Å². The third-order valence-corrected chi connectivity index (χ3v) is 5.41. The van der Waals surface area contributed by atoms with E-state index < -0.39 is 0 Å². The number of nitrogens with zero attached hydrogens (tertiary/aromatic N) is 1. The van der Waals surface area contributed by atoms with Gasteiger partial charge in [-0.15, -0.1) is 0 Å². The molecule has 0 aliphatic carbocycles. The van der Waals surface area contributed by atoms with Crippen LogP contribution < -0.4 is 10.4 Å². The summed E-state index contributed by atoms with van der Waals surface area (Å²) < 4.78 is 12.4. The van der Waals surface area contributed by atoms with Crippen LogP contribution in [0.3, 0.4) is 0 Å². The third-order valence-electron chi connectivity index (χ3n) is 5.41. The summed E-state index contributed by atoms with van der Waals surface area (Å²) in [5.41, 5.74) is 3.36. The van der Waals surface area contributed by atoms with E-state index in [1.807, 2.05) is 0 Å². The van der Waals surface area contributed by atoms with Crippen LogP contribution >= 0.6 is 0 Å². The molecule has 0 saturated carbocycles.